The van der Waals surface area contributed by atoms with Crippen LogP contribution in [0.4, 0.5) is 19.0 Å². The highest BCUT2D eigenvalue weighted by Gasteiger charge is 2.30. The summed E-state index contributed by atoms with van der Waals surface area (Å²) < 4.78 is 39.6. The van der Waals surface area contributed by atoms with Gasteiger partial charge in [0.05, 0.1) is 5.69 Å². The molecule has 94 valence electrons. The summed E-state index contributed by atoms with van der Waals surface area (Å²) in [5, 5.41) is 7.47. The molecule has 0 bridgehead atoms. The number of nitrogens with zero attached hydrogens (tertiary/aromatic N) is 2. The van der Waals surface area contributed by atoms with Crippen molar-refractivity contribution in [3.63, 3.8) is 0 Å². The lowest BCUT2D eigenvalue weighted by atomic mass is 10.1. The van der Waals surface area contributed by atoms with Crippen molar-refractivity contribution in [2.45, 2.75) is 6.36 Å². The molecule has 1 aromatic heterocycles. The molecule has 18 heavy (non-hydrogen) atoms. The van der Waals surface area contributed by atoms with Crippen LogP contribution in [-0.4, -0.2) is 16.6 Å². The van der Waals surface area contributed by atoms with Crippen molar-refractivity contribution >= 4 is 5.82 Å². The van der Waals surface area contributed by atoms with Crippen molar-refractivity contribution in [3.05, 3.63) is 36.4 Å². The summed E-state index contributed by atoms with van der Waals surface area (Å²) in [4.78, 5) is 0. The first kappa shape index (κ1) is 12.2. The fourth-order valence-corrected chi connectivity index (χ4v) is 1.32. The van der Waals surface area contributed by atoms with Crippen LogP contribution in [0.2, 0.25) is 0 Å². The maximum absolute atomic E-state index is 12.0. The fourth-order valence-electron chi connectivity index (χ4n) is 1.32. The number of benzene rings is 1. The molecule has 2 N–H and O–H groups in total. The summed E-state index contributed by atoms with van der Waals surface area (Å²) in [5.74, 6) is -0.00886. The van der Waals surface area contributed by atoms with Crippen molar-refractivity contribution in [3.8, 4) is 17.0 Å². The number of anilines is 1. The van der Waals surface area contributed by atoms with Gasteiger partial charge in [0.15, 0.2) is 0 Å². The molecule has 0 saturated carbocycles. The van der Waals surface area contributed by atoms with Crippen LogP contribution < -0.4 is 10.5 Å². The second kappa shape index (κ2) is 4.52. The molecule has 1 aromatic carbocycles. The summed E-state index contributed by atoms with van der Waals surface area (Å²) in [5.41, 5.74) is 6.52. The summed E-state index contributed by atoms with van der Waals surface area (Å²) in [6, 6.07) is 8.52. The van der Waals surface area contributed by atoms with Crippen LogP contribution in [0.1, 0.15) is 0 Å². The van der Waals surface area contributed by atoms with Crippen LogP contribution in [0.3, 0.4) is 0 Å². The predicted molar refractivity (Wildman–Crippen MR) is 58.6 cm³/mol. The first-order chi connectivity index (χ1) is 8.44. The first-order valence-corrected chi connectivity index (χ1v) is 4.89. The fraction of sp³-hybridized carbons (Fsp3) is 0.0909. The van der Waals surface area contributed by atoms with Gasteiger partial charge >= 0.3 is 6.36 Å². The van der Waals surface area contributed by atoms with E-state index in [0.717, 1.165) is 0 Å². The number of hydrogen-bond donors (Lipinski definition) is 1. The average Bonchev–Trinajstić information content (AvgIpc) is 2.29. The van der Waals surface area contributed by atoms with Crippen LogP contribution >= 0.6 is 0 Å². The van der Waals surface area contributed by atoms with E-state index in [1.165, 1.54) is 24.3 Å². The summed E-state index contributed by atoms with van der Waals surface area (Å²) >= 11 is 0. The molecule has 7 heteroatoms. The van der Waals surface area contributed by atoms with Gasteiger partial charge in [-0.25, -0.2) is 0 Å². The summed E-state index contributed by atoms with van der Waals surface area (Å²) in [6.45, 7) is 0. The number of halogens is 3. The van der Waals surface area contributed by atoms with Crippen molar-refractivity contribution in [2.75, 3.05) is 5.73 Å². The minimum atomic E-state index is -4.69. The Bertz CT molecular complexity index is 523. The van der Waals surface area contributed by atoms with Gasteiger partial charge in [-0.3, -0.25) is 0 Å². The monoisotopic (exact) mass is 255 g/mol. The van der Waals surface area contributed by atoms with Gasteiger partial charge in [-0.1, -0.05) is 0 Å². The number of hydrogen-bond acceptors (Lipinski definition) is 4. The second-order valence-electron chi connectivity index (χ2n) is 3.42. The van der Waals surface area contributed by atoms with Gasteiger partial charge < -0.3 is 10.5 Å². The van der Waals surface area contributed by atoms with Gasteiger partial charge in [-0.2, -0.15) is 0 Å². The number of aromatic nitrogens is 2. The smallest absolute Gasteiger partial charge is 0.406 e. The second-order valence-corrected chi connectivity index (χ2v) is 3.42. The number of ether oxygens (including phenoxy) is 1. The molecule has 0 aliphatic heterocycles. The summed E-state index contributed by atoms with van der Waals surface area (Å²) in [7, 11) is 0. The lowest BCUT2D eigenvalue weighted by Gasteiger charge is -2.08. The molecule has 0 aliphatic carbocycles. The van der Waals surface area contributed by atoms with E-state index in [0.29, 0.717) is 11.3 Å². The first-order valence-electron chi connectivity index (χ1n) is 4.89. The van der Waals surface area contributed by atoms with Crippen LogP contribution in [0.25, 0.3) is 11.3 Å². The third kappa shape index (κ3) is 3.09. The molecule has 4 nitrogen and oxygen atoms in total. The lowest BCUT2D eigenvalue weighted by molar-refractivity contribution is -0.274. The molecule has 0 fully saturated rings. The maximum Gasteiger partial charge on any atom is 0.573 e. The van der Waals surface area contributed by atoms with Crippen LogP contribution in [0.15, 0.2) is 36.4 Å². The number of rotatable bonds is 2. The Morgan fingerprint density at radius 1 is 0.944 bits per heavy atom. The third-order valence-electron chi connectivity index (χ3n) is 2.07. The number of nitrogen functional groups attached to an aromatic ring is 1. The molecule has 2 aromatic rings. The molecule has 0 amide bonds. The minimum absolute atomic E-state index is 0.274. The Morgan fingerprint density at radius 3 is 2.11 bits per heavy atom. The van der Waals surface area contributed by atoms with Gasteiger partial charge in [0, 0.05) is 5.56 Å². The van der Waals surface area contributed by atoms with Gasteiger partial charge in [0.1, 0.15) is 11.6 Å². The molecule has 0 aliphatic rings. The number of nitrogens with two attached hydrogens (primary N) is 1. The normalized spacial score (nSPS) is 11.3. The van der Waals surface area contributed by atoms with E-state index < -0.39 is 6.36 Å². The Hall–Kier alpha value is -2.31. The molecule has 2 rings (SSSR count). The van der Waals surface area contributed by atoms with E-state index >= 15 is 0 Å². The van der Waals surface area contributed by atoms with E-state index in [1.807, 2.05) is 0 Å². The lowest BCUT2D eigenvalue weighted by Crippen LogP contribution is -2.16. The molecule has 0 spiro atoms. The molecule has 1 heterocycles. The van der Waals surface area contributed by atoms with Crippen molar-refractivity contribution in [2.24, 2.45) is 0 Å². The zero-order valence-electron chi connectivity index (χ0n) is 8.98. The predicted octanol–water partition coefficient (Wildman–Crippen LogP) is 2.62. The third-order valence-corrected chi connectivity index (χ3v) is 2.07. The largest absolute Gasteiger partial charge is 0.573 e. The van der Waals surface area contributed by atoms with Crippen LogP contribution in [-0.2, 0) is 0 Å². The highest BCUT2D eigenvalue weighted by Crippen LogP contribution is 2.25. The molecule has 0 unspecified atom stereocenters. The highest BCUT2D eigenvalue weighted by atomic mass is 19.4. The van der Waals surface area contributed by atoms with Gasteiger partial charge in [-0.05, 0) is 36.4 Å². The quantitative estimate of drug-likeness (QED) is 0.896. The van der Waals surface area contributed by atoms with Crippen LogP contribution in [0, 0.1) is 0 Å². The van der Waals surface area contributed by atoms with E-state index in [9.17, 15) is 13.2 Å². The Balaban J connectivity index is 2.20. The van der Waals surface area contributed by atoms with Gasteiger partial charge in [0.25, 0.3) is 0 Å². The minimum Gasteiger partial charge on any atom is -0.406 e. The Morgan fingerprint density at radius 2 is 1.61 bits per heavy atom. The standard InChI is InChI=1S/C11H8F3N3O/c12-11(13,14)18-8-3-1-7(2-4-8)9-5-6-10(15)17-16-9/h1-6H,(H2,15,17). The van der Waals surface area contributed by atoms with Gasteiger partial charge in [0.2, 0.25) is 0 Å². The SMILES string of the molecule is Nc1ccc(-c2ccc(OC(F)(F)F)cc2)nn1. The topological polar surface area (TPSA) is 61.0 Å². The van der Waals surface area contributed by atoms with Crippen molar-refractivity contribution in [1.82, 2.24) is 10.2 Å². The maximum atomic E-state index is 12.0. The van der Waals surface area contributed by atoms with Crippen molar-refractivity contribution < 1.29 is 17.9 Å². The van der Waals surface area contributed by atoms with Crippen molar-refractivity contribution in [1.29, 1.82) is 0 Å². The molecule has 0 atom stereocenters. The van der Waals surface area contributed by atoms with E-state index in [-0.39, 0.29) is 11.6 Å². The molecule has 0 radical (unpaired) electrons. The Labute approximate surface area is 100 Å². The Kier molecular flexibility index (Phi) is 3.05. The van der Waals surface area contributed by atoms with E-state index in [1.54, 1.807) is 12.1 Å². The molecular weight excluding hydrogens is 247 g/mol. The van der Waals surface area contributed by atoms with Gasteiger partial charge in [-0.15, -0.1) is 23.4 Å². The van der Waals surface area contributed by atoms with E-state index in [4.69, 9.17) is 5.73 Å². The zero-order valence-corrected chi connectivity index (χ0v) is 8.98. The molecular formula is C11H8F3N3O. The summed E-state index contributed by atoms with van der Waals surface area (Å²) in [6.07, 6.45) is -4.69. The highest BCUT2D eigenvalue weighted by molar-refractivity contribution is 5.60. The zero-order chi connectivity index (χ0) is 13.2. The van der Waals surface area contributed by atoms with E-state index in [2.05, 4.69) is 14.9 Å². The number of alkyl halides is 3. The van der Waals surface area contributed by atoms with Crippen LogP contribution in [0.5, 0.6) is 5.75 Å². The average molecular weight is 255 g/mol. The molecule has 0 saturated heterocycles.